The first-order valence-corrected chi connectivity index (χ1v) is 6.23. The summed E-state index contributed by atoms with van der Waals surface area (Å²) in [6.45, 7) is 5.64. The fraction of sp³-hybridized carbons (Fsp3) is 0.364. The molecule has 0 saturated carbocycles. The Morgan fingerprint density at radius 2 is 2.24 bits per heavy atom. The zero-order valence-electron chi connectivity index (χ0n) is 9.80. The van der Waals surface area contributed by atoms with Gasteiger partial charge in [0, 0.05) is 19.7 Å². The lowest BCUT2D eigenvalue weighted by Gasteiger charge is -2.01. The fourth-order valence-electron chi connectivity index (χ4n) is 1.25. The van der Waals surface area contributed by atoms with Crippen molar-refractivity contribution in [2.24, 2.45) is 0 Å². The molecular formula is C11H14N4OS. The average Bonchev–Trinajstić information content (AvgIpc) is 2.74. The molecule has 0 aromatic carbocycles. The average molecular weight is 250 g/mol. The van der Waals surface area contributed by atoms with Crippen LogP contribution in [0.4, 0.5) is 0 Å². The second-order valence-electron chi connectivity index (χ2n) is 3.47. The first-order chi connectivity index (χ1) is 8.28. The molecule has 0 bridgehead atoms. The molecule has 6 heteroatoms. The van der Waals surface area contributed by atoms with Crippen LogP contribution in [0.1, 0.15) is 18.4 Å². The van der Waals surface area contributed by atoms with Crippen LogP contribution in [0.25, 0.3) is 0 Å². The van der Waals surface area contributed by atoms with Crippen molar-refractivity contribution in [1.29, 1.82) is 0 Å². The van der Waals surface area contributed by atoms with E-state index in [0.29, 0.717) is 11.1 Å². The highest BCUT2D eigenvalue weighted by Gasteiger charge is 2.05. The normalized spacial score (nSPS) is 10.7. The minimum Gasteiger partial charge on any atom is -0.416 e. The summed E-state index contributed by atoms with van der Waals surface area (Å²) >= 11 is 1.37. The molecule has 0 aliphatic carbocycles. The molecule has 2 rings (SSSR count). The van der Waals surface area contributed by atoms with E-state index < -0.39 is 0 Å². The first-order valence-electron chi connectivity index (χ1n) is 5.41. The number of pyridine rings is 1. The van der Waals surface area contributed by atoms with Crippen molar-refractivity contribution in [3.8, 4) is 0 Å². The highest BCUT2D eigenvalue weighted by atomic mass is 32.2. The Bertz CT molecular complexity index is 469. The van der Waals surface area contributed by atoms with E-state index in [1.54, 1.807) is 6.92 Å². The zero-order chi connectivity index (χ0) is 12.1. The third-order valence-electron chi connectivity index (χ3n) is 2.08. The third kappa shape index (κ3) is 3.54. The molecule has 0 unspecified atom stereocenters. The maximum absolute atomic E-state index is 5.27. The molecule has 2 aromatic rings. The van der Waals surface area contributed by atoms with Gasteiger partial charge in [-0.1, -0.05) is 13.0 Å². The number of rotatable bonds is 5. The molecule has 0 amide bonds. The summed E-state index contributed by atoms with van der Waals surface area (Å²) in [5, 5.41) is 12.3. The molecule has 0 aliphatic rings. The summed E-state index contributed by atoms with van der Waals surface area (Å²) in [6.07, 6.45) is 1.86. The van der Waals surface area contributed by atoms with Crippen molar-refractivity contribution in [1.82, 2.24) is 20.5 Å². The Balaban J connectivity index is 1.98. The minimum atomic E-state index is 0.523. The lowest BCUT2D eigenvalue weighted by Crippen LogP contribution is -2.11. The summed E-state index contributed by atoms with van der Waals surface area (Å²) in [4.78, 5) is 4.33. The predicted octanol–water partition coefficient (Wildman–Crippen LogP) is 2.03. The summed E-state index contributed by atoms with van der Waals surface area (Å²) in [5.41, 5.74) is 1.16. The van der Waals surface area contributed by atoms with Gasteiger partial charge in [0.05, 0.1) is 0 Å². The molecule has 0 aliphatic heterocycles. The van der Waals surface area contributed by atoms with E-state index in [1.165, 1.54) is 11.8 Å². The summed E-state index contributed by atoms with van der Waals surface area (Å²) in [6, 6.07) is 4.00. The lowest BCUT2D eigenvalue weighted by molar-refractivity contribution is 0.429. The van der Waals surface area contributed by atoms with Gasteiger partial charge in [0.1, 0.15) is 5.03 Å². The van der Waals surface area contributed by atoms with Crippen LogP contribution in [-0.4, -0.2) is 21.7 Å². The minimum absolute atomic E-state index is 0.523. The second kappa shape index (κ2) is 5.79. The van der Waals surface area contributed by atoms with Gasteiger partial charge >= 0.3 is 0 Å². The van der Waals surface area contributed by atoms with E-state index in [-0.39, 0.29) is 0 Å². The van der Waals surface area contributed by atoms with Crippen LogP contribution < -0.4 is 5.32 Å². The Labute approximate surface area is 104 Å². The molecular weight excluding hydrogens is 236 g/mol. The third-order valence-corrected chi connectivity index (χ3v) is 2.87. The molecule has 0 fully saturated rings. The van der Waals surface area contributed by atoms with Crippen LogP contribution in [0.15, 0.2) is 33.0 Å². The van der Waals surface area contributed by atoms with E-state index in [0.717, 1.165) is 23.7 Å². The molecule has 0 atom stereocenters. The van der Waals surface area contributed by atoms with Crippen molar-refractivity contribution in [3.05, 3.63) is 29.8 Å². The number of hydrogen-bond donors (Lipinski definition) is 1. The van der Waals surface area contributed by atoms with Crippen molar-refractivity contribution >= 4 is 11.8 Å². The quantitative estimate of drug-likeness (QED) is 0.876. The maximum atomic E-state index is 5.27. The topological polar surface area (TPSA) is 63.8 Å². The van der Waals surface area contributed by atoms with Crippen LogP contribution in [0.2, 0.25) is 0 Å². The van der Waals surface area contributed by atoms with Crippen LogP contribution in [0, 0.1) is 6.92 Å². The van der Waals surface area contributed by atoms with Crippen LogP contribution in [0.5, 0.6) is 0 Å². The predicted molar refractivity (Wildman–Crippen MR) is 64.8 cm³/mol. The molecule has 0 saturated heterocycles. The van der Waals surface area contributed by atoms with E-state index in [4.69, 9.17) is 4.42 Å². The van der Waals surface area contributed by atoms with Gasteiger partial charge in [0.15, 0.2) is 0 Å². The molecule has 17 heavy (non-hydrogen) atoms. The highest BCUT2D eigenvalue weighted by molar-refractivity contribution is 7.99. The van der Waals surface area contributed by atoms with Crippen LogP contribution in [-0.2, 0) is 6.54 Å². The van der Waals surface area contributed by atoms with Gasteiger partial charge in [-0.25, -0.2) is 4.98 Å². The zero-order valence-corrected chi connectivity index (χ0v) is 10.6. The molecule has 2 heterocycles. The number of aryl methyl sites for hydroxylation is 1. The van der Waals surface area contributed by atoms with Crippen LogP contribution in [0.3, 0.4) is 0 Å². The van der Waals surface area contributed by atoms with Crippen molar-refractivity contribution < 1.29 is 4.42 Å². The summed E-state index contributed by atoms with van der Waals surface area (Å²) < 4.78 is 5.27. The number of aromatic nitrogens is 3. The van der Waals surface area contributed by atoms with Gasteiger partial charge in [-0.3, -0.25) is 0 Å². The molecule has 90 valence electrons. The first kappa shape index (κ1) is 12.1. The molecule has 5 nitrogen and oxygen atoms in total. The highest BCUT2D eigenvalue weighted by Crippen LogP contribution is 2.24. The Morgan fingerprint density at radius 3 is 2.82 bits per heavy atom. The van der Waals surface area contributed by atoms with Gasteiger partial charge in [-0.15, -0.1) is 10.2 Å². The van der Waals surface area contributed by atoms with Crippen LogP contribution >= 0.6 is 11.8 Å². The van der Waals surface area contributed by atoms with Gasteiger partial charge in [0.25, 0.3) is 5.22 Å². The molecule has 2 aromatic heterocycles. The fourth-order valence-corrected chi connectivity index (χ4v) is 1.92. The van der Waals surface area contributed by atoms with E-state index >= 15 is 0 Å². The van der Waals surface area contributed by atoms with Gasteiger partial charge in [0.2, 0.25) is 5.89 Å². The monoisotopic (exact) mass is 250 g/mol. The Kier molecular flexibility index (Phi) is 4.11. The van der Waals surface area contributed by atoms with E-state index in [9.17, 15) is 0 Å². The molecule has 1 N–H and O–H groups in total. The SMILES string of the molecule is CCNCc1ccc(Sc2nnc(C)o2)nc1. The van der Waals surface area contributed by atoms with Gasteiger partial charge in [-0.05, 0) is 29.9 Å². The number of hydrogen-bond acceptors (Lipinski definition) is 6. The standard InChI is InChI=1S/C11H14N4OS/c1-3-12-6-9-4-5-10(13-7-9)17-11-15-14-8(2)16-11/h4-5,7,12H,3,6H2,1-2H3. The lowest BCUT2D eigenvalue weighted by atomic mass is 10.3. The van der Waals surface area contributed by atoms with E-state index in [2.05, 4.69) is 27.4 Å². The number of nitrogens with zero attached hydrogens (tertiary/aromatic N) is 3. The largest absolute Gasteiger partial charge is 0.416 e. The Hall–Kier alpha value is -1.40. The smallest absolute Gasteiger partial charge is 0.282 e. The van der Waals surface area contributed by atoms with E-state index in [1.807, 2.05) is 18.3 Å². The van der Waals surface area contributed by atoms with Crippen molar-refractivity contribution in [2.45, 2.75) is 30.6 Å². The molecule has 0 radical (unpaired) electrons. The van der Waals surface area contributed by atoms with Gasteiger partial charge in [-0.2, -0.15) is 0 Å². The van der Waals surface area contributed by atoms with Crippen molar-refractivity contribution in [2.75, 3.05) is 6.54 Å². The van der Waals surface area contributed by atoms with Crippen molar-refractivity contribution in [3.63, 3.8) is 0 Å². The second-order valence-corrected chi connectivity index (χ2v) is 4.45. The molecule has 0 spiro atoms. The maximum Gasteiger partial charge on any atom is 0.282 e. The summed E-state index contributed by atoms with van der Waals surface area (Å²) in [7, 11) is 0. The summed E-state index contributed by atoms with van der Waals surface area (Å²) in [5.74, 6) is 0.566. The number of nitrogens with one attached hydrogen (secondary N) is 1. The Morgan fingerprint density at radius 1 is 1.35 bits per heavy atom. The van der Waals surface area contributed by atoms with Gasteiger partial charge < -0.3 is 9.73 Å².